The van der Waals surface area contributed by atoms with Crippen molar-refractivity contribution in [3.63, 3.8) is 0 Å². The summed E-state index contributed by atoms with van der Waals surface area (Å²) in [6.45, 7) is 8.91. The fraction of sp³-hybridized carbons (Fsp3) is 0.960. The highest BCUT2D eigenvalue weighted by Crippen LogP contribution is 2.59. The molecule has 9 atom stereocenters. The zero-order chi connectivity index (χ0) is 20.5. The average Bonchev–Trinajstić information content (AvgIpc) is 2.69. The first-order valence-corrected chi connectivity index (χ1v) is 12.1. The van der Waals surface area contributed by atoms with E-state index in [9.17, 15) is 15.0 Å². The summed E-state index contributed by atoms with van der Waals surface area (Å²) in [4.78, 5) is 11.4. The minimum Gasteiger partial charge on any atom is -0.393 e. The van der Waals surface area contributed by atoms with Gasteiger partial charge in [0.2, 0.25) is 0 Å². The smallest absolute Gasteiger partial charge is 0.129 e. The van der Waals surface area contributed by atoms with Crippen molar-refractivity contribution in [2.45, 2.75) is 111 Å². The van der Waals surface area contributed by atoms with Gasteiger partial charge in [0.1, 0.15) is 5.78 Å². The van der Waals surface area contributed by atoms with Crippen LogP contribution in [0.15, 0.2) is 0 Å². The van der Waals surface area contributed by atoms with Crippen LogP contribution in [0.3, 0.4) is 0 Å². The summed E-state index contributed by atoms with van der Waals surface area (Å²) in [5, 5.41) is 21.3. The molecule has 0 heterocycles. The number of aliphatic hydroxyl groups excluding tert-OH is 2. The number of hydrogen-bond donors (Lipinski definition) is 2. The summed E-state index contributed by atoms with van der Waals surface area (Å²) in [7, 11) is 0. The number of rotatable bonds is 4. The van der Waals surface area contributed by atoms with Crippen LogP contribution in [-0.2, 0) is 4.79 Å². The molecule has 2 N–H and O–H groups in total. The molecule has 0 aromatic rings. The zero-order valence-electron chi connectivity index (χ0n) is 18.7. The first-order chi connectivity index (χ1) is 13.2. The van der Waals surface area contributed by atoms with Gasteiger partial charge in [0.25, 0.3) is 0 Å². The highest BCUT2D eigenvalue weighted by atomic mass is 16.3. The van der Waals surface area contributed by atoms with E-state index in [4.69, 9.17) is 0 Å². The molecule has 3 nitrogen and oxygen atoms in total. The van der Waals surface area contributed by atoms with Crippen LogP contribution >= 0.6 is 0 Å². The van der Waals surface area contributed by atoms with Crippen LogP contribution in [-0.4, -0.2) is 28.2 Å². The molecule has 3 saturated carbocycles. The summed E-state index contributed by atoms with van der Waals surface area (Å²) in [6.07, 6.45) is 11.2. The van der Waals surface area contributed by atoms with Gasteiger partial charge in [-0.3, -0.25) is 0 Å². The number of carbonyl (C=O) groups excluding carboxylic acids is 1. The van der Waals surface area contributed by atoms with Crippen molar-refractivity contribution in [1.29, 1.82) is 0 Å². The molecule has 0 radical (unpaired) electrons. The van der Waals surface area contributed by atoms with E-state index in [1.807, 2.05) is 0 Å². The Morgan fingerprint density at radius 3 is 2.50 bits per heavy atom. The quantitative estimate of drug-likeness (QED) is 0.676. The fourth-order valence-electron chi connectivity index (χ4n) is 7.27. The number of ketones is 1. The van der Waals surface area contributed by atoms with Crippen LogP contribution in [0.1, 0.15) is 98.3 Å². The van der Waals surface area contributed by atoms with E-state index < -0.39 is 0 Å². The molecule has 3 aliphatic carbocycles. The molecule has 0 bridgehead atoms. The Balaban J connectivity index is 1.75. The summed E-state index contributed by atoms with van der Waals surface area (Å²) >= 11 is 0. The molecule has 3 rings (SSSR count). The highest BCUT2D eigenvalue weighted by Gasteiger charge is 2.52. The largest absolute Gasteiger partial charge is 0.393 e. The molecule has 0 spiro atoms. The summed E-state index contributed by atoms with van der Waals surface area (Å²) in [5.41, 5.74) is 0.289. The van der Waals surface area contributed by atoms with Gasteiger partial charge in [-0.15, -0.1) is 0 Å². The molecule has 3 aliphatic rings. The molecular formula is C25H44O3. The van der Waals surface area contributed by atoms with Crippen molar-refractivity contribution < 1.29 is 15.0 Å². The lowest BCUT2D eigenvalue weighted by Crippen LogP contribution is -2.50. The minimum atomic E-state index is -0.218. The van der Waals surface area contributed by atoms with Gasteiger partial charge in [-0.05, 0) is 106 Å². The predicted molar refractivity (Wildman–Crippen MR) is 114 cm³/mol. The molecule has 0 amide bonds. The zero-order valence-corrected chi connectivity index (χ0v) is 18.7. The molecule has 28 heavy (non-hydrogen) atoms. The van der Waals surface area contributed by atoms with Gasteiger partial charge >= 0.3 is 0 Å². The topological polar surface area (TPSA) is 57.5 Å². The first-order valence-electron chi connectivity index (χ1n) is 12.1. The van der Waals surface area contributed by atoms with E-state index >= 15 is 0 Å². The van der Waals surface area contributed by atoms with Crippen LogP contribution in [0.4, 0.5) is 0 Å². The number of Topliss-reactive ketones (excluding diaryl/α,β-unsaturated/α-hetero) is 1. The van der Waals surface area contributed by atoms with Gasteiger partial charge in [0.15, 0.2) is 0 Å². The second-order valence-electron chi connectivity index (χ2n) is 11.1. The molecular weight excluding hydrogens is 348 g/mol. The van der Waals surface area contributed by atoms with Crippen LogP contribution in [0, 0.1) is 40.9 Å². The van der Waals surface area contributed by atoms with Crippen molar-refractivity contribution >= 4 is 5.78 Å². The summed E-state index contributed by atoms with van der Waals surface area (Å²) in [6, 6.07) is 0. The monoisotopic (exact) mass is 392 g/mol. The second-order valence-corrected chi connectivity index (χ2v) is 11.1. The Bertz CT molecular complexity index is 532. The van der Waals surface area contributed by atoms with Crippen LogP contribution < -0.4 is 0 Å². The number of aliphatic hydroxyl groups is 2. The Hall–Kier alpha value is -0.410. The van der Waals surface area contributed by atoms with E-state index in [1.165, 1.54) is 25.7 Å². The van der Waals surface area contributed by atoms with Crippen molar-refractivity contribution in [2.75, 3.05) is 0 Å². The highest BCUT2D eigenvalue weighted by molar-refractivity contribution is 5.75. The molecule has 0 aromatic heterocycles. The van der Waals surface area contributed by atoms with E-state index in [2.05, 4.69) is 20.8 Å². The summed E-state index contributed by atoms with van der Waals surface area (Å²) in [5.74, 6) is 3.99. The SMILES string of the molecule is CC(=O)CC[C@@H](C)[C@H]1CC[C@H](C)[C@@H]2CC[C@@H]3C[C@H](O)CC[C@]3(C)[C@H]2C[C@H](O)C1. The number of carbonyl (C=O) groups is 1. The van der Waals surface area contributed by atoms with E-state index in [1.54, 1.807) is 6.92 Å². The van der Waals surface area contributed by atoms with Crippen LogP contribution in [0.2, 0.25) is 0 Å². The standard InChI is InChI=1S/C25H44O3/c1-16(5-7-18(3)26)19-8-6-17(2)23-10-9-20-14-21(27)11-12-25(20,4)24(23)15-22(28)13-19/h16-17,19-24,27-28H,5-15H2,1-4H3/t16-,17+,19+,20-,21-,22-,23+,24+,25+/m1/s1. The Morgan fingerprint density at radius 1 is 1.04 bits per heavy atom. The Morgan fingerprint density at radius 2 is 1.79 bits per heavy atom. The van der Waals surface area contributed by atoms with Gasteiger partial charge in [0.05, 0.1) is 12.2 Å². The maximum absolute atomic E-state index is 11.4. The molecule has 0 saturated heterocycles. The minimum absolute atomic E-state index is 0.111. The molecule has 3 heteroatoms. The van der Waals surface area contributed by atoms with Gasteiger partial charge in [-0.25, -0.2) is 0 Å². The number of hydrogen-bond acceptors (Lipinski definition) is 3. The average molecular weight is 393 g/mol. The lowest BCUT2D eigenvalue weighted by Gasteiger charge is -2.56. The lowest BCUT2D eigenvalue weighted by atomic mass is 9.49. The molecule has 162 valence electrons. The normalized spacial score (nSPS) is 45.7. The molecule has 3 fully saturated rings. The van der Waals surface area contributed by atoms with Gasteiger partial charge in [0, 0.05) is 6.42 Å². The third-order valence-electron chi connectivity index (χ3n) is 9.30. The Labute approximate surface area is 172 Å². The third-order valence-corrected chi connectivity index (χ3v) is 9.30. The van der Waals surface area contributed by atoms with E-state index in [-0.39, 0.29) is 23.4 Å². The maximum Gasteiger partial charge on any atom is 0.129 e. The van der Waals surface area contributed by atoms with Crippen molar-refractivity contribution in [2.24, 2.45) is 40.9 Å². The van der Waals surface area contributed by atoms with Gasteiger partial charge in [-0.1, -0.05) is 27.2 Å². The fourth-order valence-corrected chi connectivity index (χ4v) is 7.27. The van der Waals surface area contributed by atoms with Gasteiger partial charge < -0.3 is 15.0 Å². The van der Waals surface area contributed by atoms with Gasteiger partial charge in [-0.2, -0.15) is 0 Å². The van der Waals surface area contributed by atoms with E-state index in [0.29, 0.717) is 36.0 Å². The molecule has 0 aromatic carbocycles. The summed E-state index contributed by atoms with van der Waals surface area (Å²) < 4.78 is 0. The van der Waals surface area contributed by atoms with Crippen molar-refractivity contribution in [3.05, 3.63) is 0 Å². The van der Waals surface area contributed by atoms with Crippen LogP contribution in [0.25, 0.3) is 0 Å². The molecule has 0 unspecified atom stereocenters. The maximum atomic E-state index is 11.4. The predicted octanol–water partition coefficient (Wildman–Crippen LogP) is 5.37. The third kappa shape index (κ3) is 4.83. The Kier molecular flexibility index (Phi) is 7.29. The van der Waals surface area contributed by atoms with E-state index in [0.717, 1.165) is 44.4 Å². The number of fused-ring (bicyclic) bond motifs is 3. The second kappa shape index (κ2) is 9.16. The molecule has 0 aliphatic heterocycles. The van der Waals surface area contributed by atoms with Crippen molar-refractivity contribution in [1.82, 2.24) is 0 Å². The lowest BCUT2D eigenvalue weighted by molar-refractivity contribution is -0.117. The van der Waals surface area contributed by atoms with Crippen molar-refractivity contribution in [3.8, 4) is 0 Å². The van der Waals surface area contributed by atoms with Crippen LogP contribution in [0.5, 0.6) is 0 Å². The first kappa shape index (κ1) is 22.3.